The minimum atomic E-state index is -0.810. The highest BCUT2D eigenvalue weighted by Crippen LogP contribution is 2.45. The lowest BCUT2D eigenvalue weighted by molar-refractivity contribution is -0.132. The van der Waals surface area contributed by atoms with Crippen LogP contribution in [0.15, 0.2) is 66.2 Å². The summed E-state index contributed by atoms with van der Waals surface area (Å²) in [6, 6.07) is 18.5. The molecule has 210 valence electrons. The Morgan fingerprint density at radius 1 is 0.950 bits per heavy atom. The number of hydrogen-bond donors (Lipinski definition) is 1. The van der Waals surface area contributed by atoms with E-state index in [1.807, 2.05) is 68.4 Å². The molecule has 0 bridgehead atoms. The van der Waals surface area contributed by atoms with Gasteiger partial charge >= 0.3 is 0 Å². The quantitative estimate of drug-likeness (QED) is 0.197. The number of hydrogen-bond acceptors (Lipinski definition) is 5. The van der Waals surface area contributed by atoms with Gasteiger partial charge in [-0.1, -0.05) is 56.7 Å². The van der Waals surface area contributed by atoms with Gasteiger partial charge in [-0.3, -0.25) is 14.5 Å². The number of methoxy groups -OCH3 is 1. The summed E-state index contributed by atoms with van der Waals surface area (Å²) in [6.45, 7) is 16.1. The van der Waals surface area contributed by atoms with Crippen molar-refractivity contribution in [2.45, 2.75) is 59.9 Å². The Morgan fingerprint density at radius 3 is 2.15 bits per heavy atom. The van der Waals surface area contributed by atoms with Crippen molar-refractivity contribution >= 4 is 28.8 Å². The van der Waals surface area contributed by atoms with E-state index in [-0.39, 0.29) is 16.7 Å². The van der Waals surface area contributed by atoms with Gasteiger partial charge in [-0.15, -0.1) is 0 Å². The van der Waals surface area contributed by atoms with Crippen molar-refractivity contribution in [2.75, 3.05) is 30.0 Å². The number of anilines is 2. The summed E-state index contributed by atoms with van der Waals surface area (Å²) >= 11 is 0. The molecule has 4 rings (SSSR count). The summed E-state index contributed by atoms with van der Waals surface area (Å²) in [7, 11) is 1.53. The van der Waals surface area contributed by atoms with Crippen LogP contribution >= 0.6 is 0 Å². The molecule has 0 aliphatic carbocycles. The summed E-state index contributed by atoms with van der Waals surface area (Å²) in [5, 5.41) is 11.8. The molecule has 3 aromatic carbocycles. The second-order valence-electron chi connectivity index (χ2n) is 11.4. The van der Waals surface area contributed by atoms with Gasteiger partial charge in [0.25, 0.3) is 11.7 Å². The fourth-order valence-corrected chi connectivity index (χ4v) is 5.43. The predicted octanol–water partition coefficient (Wildman–Crippen LogP) is 7.08. The molecule has 6 heteroatoms. The van der Waals surface area contributed by atoms with Crippen LogP contribution in [0.4, 0.5) is 11.4 Å². The van der Waals surface area contributed by atoms with Crippen LogP contribution in [-0.2, 0) is 15.0 Å². The summed E-state index contributed by atoms with van der Waals surface area (Å²) in [4.78, 5) is 31.2. The molecular formula is C34H40N2O4. The van der Waals surface area contributed by atoms with Crippen LogP contribution in [0.2, 0.25) is 0 Å². The van der Waals surface area contributed by atoms with Crippen LogP contribution in [-0.4, -0.2) is 37.0 Å². The highest BCUT2D eigenvalue weighted by atomic mass is 16.5. The fraction of sp³-hybridized carbons (Fsp3) is 0.353. The Bertz CT molecular complexity index is 1460. The molecule has 0 saturated carbocycles. The normalized spacial score (nSPS) is 16.9. The number of Topliss-reactive ketones (excluding diaryl/α,β-unsaturated/α-hetero) is 1. The van der Waals surface area contributed by atoms with Gasteiger partial charge in [0.2, 0.25) is 0 Å². The molecule has 1 saturated heterocycles. The van der Waals surface area contributed by atoms with E-state index in [1.54, 1.807) is 6.07 Å². The van der Waals surface area contributed by atoms with E-state index in [4.69, 9.17) is 4.74 Å². The number of carbonyl (C=O) groups excluding carboxylic acids is 2. The van der Waals surface area contributed by atoms with Crippen LogP contribution in [0, 0.1) is 13.8 Å². The monoisotopic (exact) mass is 540 g/mol. The number of aryl methyl sites for hydroxylation is 2. The van der Waals surface area contributed by atoms with E-state index in [1.165, 1.54) is 12.0 Å². The Hall–Kier alpha value is -4.06. The first-order valence-corrected chi connectivity index (χ1v) is 13.8. The molecule has 1 heterocycles. The number of carbonyl (C=O) groups is 2. The first kappa shape index (κ1) is 28.9. The SMILES string of the molecule is CCN(CC)c1ccc(C2/C(=C(\O)c3cc(C(C)(C)C)ccc3OC)C(=O)C(=O)N2c2ccc(C)cc2C)cc1. The molecule has 1 N–H and O–H groups in total. The third-order valence-electron chi connectivity index (χ3n) is 7.71. The number of amides is 1. The second-order valence-corrected chi connectivity index (χ2v) is 11.4. The van der Waals surface area contributed by atoms with Crippen LogP contribution in [0.1, 0.15) is 68.5 Å². The second kappa shape index (κ2) is 11.2. The molecule has 1 atom stereocenters. The van der Waals surface area contributed by atoms with Crippen LogP contribution < -0.4 is 14.5 Å². The highest BCUT2D eigenvalue weighted by Gasteiger charge is 2.47. The number of ether oxygens (including phenoxy) is 1. The Balaban J connectivity index is 1.99. The van der Waals surface area contributed by atoms with Crippen molar-refractivity contribution in [3.63, 3.8) is 0 Å². The smallest absolute Gasteiger partial charge is 0.300 e. The van der Waals surface area contributed by atoms with Crippen molar-refractivity contribution < 1.29 is 19.4 Å². The molecule has 0 aromatic heterocycles. The van der Waals surface area contributed by atoms with Crippen molar-refractivity contribution in [2.24, 2.45) is 0 Å². The number of ketones is 1. The minimum absolute atomic E-state index is 0.0462. The van der Waals surface area contributed by atoms with Crippen LogP contribution in [0.5, 0.6) is 5.75 Å². The van der Waals surface area contributed by atoms with E-state index in [9.17, 15) is 14.7 Å². The standard InChI is InChI=1S/C34H40N2O4/c1-9-35(10-2)25-15-12-23(13-16-25)30-29(31(37)26-20-24(34(5,6)7)14-18-28(26)40-8)32(38)33(39)36(30)27-17-11-21(3)19-22(27)4/h11-20,30,37H,9-10H2,1-8H3/b31-29+. The molecule has 6 nitrogen and oxygen atoms in total. The zero-order valence-corrected chi connectivity index (χ0v) is 24.8. The van der Waals surface area contributed by atoms with Gasteiger partial charge in [-0.25, -0.2) is 0 Å². The fourth-order valence-electron chi connectivity index (χ4n) is 5.43. The van der Waals surface area contributed by atoms with Gasteiger partial charge in [0.05, 0.1) is 24.3 Å². The highest BCUT2D eigenvalue weighted by molar-refractivity contribution is 6.51. The first-order chi connectivity index (χ1) is 18.9. The zero-order chi connectivity index (χ0) is 29.4. The minimum Gasteiger partial charge on any atom is -0.507 e. The maximum atomic E-state index is 13.8. The van der Waals surface area contributed by atoms with Gasteiger partial charge in [0.15, 0.2) is 0 Å². The van der Waals surface area contributed by atoms with Crippen LogP contribution in [0.3, 0.4) is 0 Å². The number of benzene rings is 3. The van der Waals surface area contributed by atoms with Gasteiger partial charge in [0, 0.05) is 24.5 Å². The zero-order valence-electron chi connectivity index (χ0n) is 24.8. The van der Waals surface area contributed by atoms with Crippen molar-refractivity contribution in [3.05, 3.63) is 94.1 Å². The van der Waals surface area contributed by atoms with E-state index < -0.39 is 17.7 Å². The Labute approximate surface area is 237 Å². The third kappa shape index (κ3) is 5.23. The maximum absolute atomic E-state index is 13.8. The molecule has 1 aliphatic heterocycles. The van der Waals surface area contributed by atoms with Crippen molar-refractivity contribution in [1.82, 2.24) is 0 Å². The number of nitrogens with zero attached hydrogens (tertiary/aromatic N) is 2. The molecular weight excluding hydrogens is 500 g/mol. The summed E-state index contributed by atoms with van der Waals surface area (Å²) in [6.07, 6.45) is 0. The van der Waals surface area contributed by atoms with Crippen molar-refractivity contribution in [3.8, 4) is 5.75 Å². The topological polar surface area (TPSA) is 70.1 Å². The average molecular weight is 541 g/mol. The molecule has 1 unspecified atom stereocenters. The van der Waals surface area contributed by atoms with Crippen molar-refractivity contribution in [1.29, 1.82) is 0 Å². The number of rotatable bonds is 7. The molecule has 3 aromatic rings. The van der Waals surface area contributed by atoms with E-state index in [0.29, 0.717) is 17.0 Å². The van der Waals surface area contributed by atoms with E-state index in [2.05, 4.69) is 39.5 Å². The number of aliphatic hydroxyl groups excluding tert-OH is 1. The van der Waals surface area contributed by atoms with E-state index >= 15 is 0 Å². The van der Waals surface area contributed by atoms with Gasteiger partial charge in [-0.05, 0) is 80.1 Å². The maximum Gasteiger partial charge on any atom is 0.300 e. The lowest BCUT2D eigenvalue weighted by Crippen LogP contribution is -2.30. The lowest BCUT2D eigenvalue weighted by Gasteiger charge is -2.28. The van der Waals surface area contributed by atoms with Gasteiger partial charge in [-0.2, -0.15) is 0 Å². The van der Waals surface area contributed by atoms with Crippen LogP contribution in [0.25, 0.3) is 5.76 Å². The molecule has 1 amide bonds. The molecule has 1 aliphatic rings. The van der Waals surface area contributed by atoms with Gasteiger partial charge < -0.3 is 14.7 Å². The first-order valence-electron chi connectivity index (χ1n) is 13.8. The number of aliphatic hydroxyl groups is 1. The Kier molecular flexibility index (Phi) is 8.10. The molecule has 0 spiro atoms. The largest absolute Gasteiger partial charge is 0.507 e. The molecule has 1 fully saturated rings. The summed E-state index contributed by atoms with van der Waals surface area (Å²) in [5.41, 5.74) is 5.56. The molecule has 0 radical (unpaired) electrons. The summed E-state index contributed by atoms with van der Waals surface area (Å²) in [5.74, 6) is -1.21. The van der Waals surface area contributed by atoms with Gasteiger partial charge in [0.1, 0.15) is 11.5 Å². The lowest BCUT2D eigenvalue weighted by atomic mass is 9.85. The third-order valence-corrected chi connectivity index (χ3v) is 7.71. The Morgan fingerprint density at radius 2 is 1.60 bits per heavy atom. The predicted molar refractivity (Wildman–Crippen MR) is 162 cm³/mol. The summed E-state index contributed by atoms with van der Waals surface area (Å²) < 4.78 is 5.60. The average Bonchev–Trinajstić information content (AvgIpc) is 3.18. The molecule has 40 heavy (non-hydrogen) atoms. The van der Waals surface area contributed by atoms with E-state index in [0.717, 1.165) is 41.0 Å².